The van der Waals surface area contributed by atoms with Crippen LogP contribution in [0.2, 0.25) is 0 Å². The molecule has 1 unspecified atom stereocenters. The van der Waals surface area contributed by atoms with Crippen LogP contribution in [0.3, 0.4) is 0 Å². The molecule has 1 heterocycles. The first-order valence-corrected chi connectivity index (χ1v) is 11.6. The Morgan fingerprint density at radius 3 is 2.76 bits per heavy atom. The van der Waals surface area contributed by atoms with E-state index in [4.69, 9.17) is 5.11 Å². The van der Waals surface area contributed by atoms with Crippen molar-refractivity contribution in [1.82, 2.24) is 0 Å². The second-order valence-corrected chi connectivity index (χ2v) is 9.75. The van der Waals surface area contributed by atoms with Crippen LogP contribution < -0.4 is 0 Å². The fraction of sp³-hybridized carbons (Fsp3) is 0.500. The fourth-order valence-electron chi connectivity index (χ4n) is 3.83. The fourth-order valence-corrected chi connectivity index (χ4v) is 5.45. The van der Waals surface area contributed by atoms with Crippen molar-refractivity contribution in [2.75, 3.05) is 0 Å². The topological polar surface area (TPSA) is 74.6 Å². The van der Waals surface area contributed by atoms with Crippen molar-refractivity contribution < 1.29 is 19.8 Å². The number of carboxylic acid groups (broad SMARTS) is 1. The van der Waals surface area contributed by atoms with Crippen LogP contribution in [0.15, 0.2) is 34.8 Å². The van der Waals surface area contributed by atoms with Gasteiger partial charge in [0.1, 0.15) is 0 Å². The third-order valence-corrected chi connectivity index (χ3v) is 7.53. The number of aliphatic carboxylic acids is 1. The van der Waals surface area contributed by atoms with E-state index >= 15 is 0 Å². The number of ketones is 1. The first-order chi connectivity index (χ1) is 13.8. The van der Waals surface area contributed by atoms with Crippen LogP contribution in [-0.2, 0) is 16.0 Å². The molecule has 1 saturated carbocycles. The molecule has 156 valence electrons. The second kappa shape index (κ2) is 11.8. The van der Waals surface area contributed by atoms with Gasteiger partial charge in [0.25, 0.3) is 0 Å². The third kappa shape index (κ3) is 7.47. The summed E-state index contributed by atoms with van der Waals surface area (Å²) in [6.07, 6.45) is 10.4. The van der Waals surface area contributed by atoms with Gasteiger partial charge in [-0.1, -0.05) is 0 Å². The summed E-state index contributed by atoms with van der Waals surface area (Å²) in [7, 11) is 3.90. The molecule has 0 radical (unpaired) electrons. The SMILES string of the molecule is B=C[C@@H]1CC(O)[C@H](C/C=C\CCCC(=O)O)[C@H]1/C=C/C(=O)Cc1cc(Br)c(C)s1. The first-order valence-electron chi connectivity index (χ1n) is 9.95. The third-order valence-electron chi connectivity index (χ3n) is 5.40. The minimum atomic E-state index is -0.779. The van der Waals surface area contributed by atoms with E-state index in [2.05, 4.69) is 23.4 Å². The molecule has 2 rings (SSSR count). The molecule has 0 saturated heterocycles. The Balaban J connectivity index is 1.95. The van der Waals surface area contributed by atoms with Crippen LogP contribution in [0.1, 0.15) is 41.9 Å². The van der Waals surface area contributed by atoms with Gasteiger partial charge in [-0.05, 0) is 0 Å². The molecule has 4 nitrogen and oxygen atoms in total. The van der Waals surface area contributed by atoms with Crippen molar-refractivity contribution in [3.63, 3.8) is 0 Å². The van der Waals surface area contributed by atoms with E-state index in [0.717, 1.165) is 20.6 Å². The Hall–Kier alpha value is -1.31. The van der Waals surface area contributed by atoms with E-state index < -0.39 is 12.1 Å². The molecule has 1 aliphatic carbocycles. The zero-order chi connectivity index (χ0) is 21.4. The summed E-state index contributed by atoms with van der Waals surface area (Å²) in [6, 6.07) is 2.00. The van der Waals surface area contributed by atoms with E-state index in [1.54, 1.807) is 17.4 Å². The zero-order valence-electron chi connectivity index (χ0n) is 16.7. The van der Waals surface area contributed by atoms with E-state index in [0.29, 0.717) is 25.7 Å². The van der Waals surface area contributed by atoms with E-state index in [9.17, 15) is 14.7 Å². The van der Waals surface area contributed by atoms with Crippen LogP contribution in [0, 0.1) is 24.7 Å². The number of halogens is 1. The summed E-state index contributed by atoms with van der Waals surface area (Å²) >= 11 is 5.11. The first kappa shape index (κ1) is 24.0. The molecule has 1 fully saturated rings. The molecule has 0 bridgehead atoms. The van der Waals surface area contributed by atoms with Gasteiger partial charge in [-0.2, -0.15) is 0 Å². The van der Waals surface area contributed by atoms with Crippen molar-refractivity contribution in [1.29, 1.82) is 0 Å². The van der Waals surface area contributed by atoms with Crippen LogP contribution in [0.5, 0.6) is 0 Å². The molecule has 0 spiro atoms. The normalized spacial score (nSPS) is 24.5. The summed E-state index contributed by atoms with van der Waals surface area (Å²) in [5.74, 6) is 1.42. The van der Waals surface area contributed by atoms with Gasteiger partial charge in [0.2, 0.25) is 0 Å². The van der Waals surface area contributed by atoms with E-state index in [-0.39, 0.29) is 30.0 Å². The van der Waals surface area contributed by atoms with Crippen molar-refractivity contribution in [2.24, 2.45) is 17.8 Å². The van der Waals surface area contributed by atoms with Gasteiger partial charge in [0.05, 0.1) is 0 Å². The number of aryl methyl sites for hydroxylation is 1. The monoisotopic (exact) mass is 478 g/mol. The number of hydrogen-bond donors (Lipinski definition) is 2. The standard InChI is InChI=1S/C22H28BBrO4S/c1-14-20(24)12-17(29-14)11-16(25)8-9-18-15(13-23)10-21(26)19(18)6-4-2-3-5-7-22(27)28/h2,4,8-9,12-13,15,18-19,21,23,26H,3,5-7,10-11H2,1H3,(H,27,28)/b4-2-,9-8+/t15-,18-,19+,21?/m0/s1. The summed E-state index contributed by atoms with van der Waals surface area (Å²) in [5, 5.41) is 19.2. The number of carboxylic acids is 1. The van der Waals surface area contributed by atoms with Crippen molar-refractivity contribution in [2.45, 2.75) is 51.6 Å². The maximum atomic E-state index is 12.4. The Kier molecular flexibility index (Phi) is 9.73. The number of allylic oxidation sites excluding steroid dienone is 4. The van der Waals surface area contributed by atoms with Gasteiger partial charge < -0.3 is 0 Å². The number of carbonyl (C=O) groups excluding carboxylic acids is 1. The quantitative estimate of drug-likeness (QED) is 0.218. The van der Waals surface area contributed by atoms with Crippen LogP contribution in [0.25, 0.3) is 0 Å². The van der Waals surface area contributed by atoms with Gasteiger partial charge in [-0.15, -0.1) is 0 Å². The summed E-state index contributed by atoms with van der Waals surface area (Å²) in [5.41, 5.74) is 0. The Morgan fingerprint density at radius 1 is 1.38 bits per heavy atom. The Labute approximate surface area is 185 Å². The number of unbranched alkanes of at least 4 members (excludes halogenated alkanes) is 1. The maximum absolute atomic E-state index is 12.4. The van der Waals surface area contributed by atoms with Gasteiger partial charge in [-0.25, -0.2) is 0 Å². The summed E-state index contributed by atoms with van der Waals surface area (Å²) in [4.78, 5) is 25.2. The molecular weight excluding hydrogens is 451 g/mol. The number of rotatable bonds is 11. The number of hydrogen-bond acceptors (Lipinski definition) is 4. The van der Waals surface area contributed by atoms with E-state index in [1.807, 2.05) is 37.2 Å². The van der Waals surface area contributed by atoms with Gasteiger partial charge in [0.15, 0.2) is 0 Å². The molecule has 0 aliphatic heterocycles. The van der Waals surface area contributed by atoms with Crippen LogP contribution >= 0.6 is 27.3 Å². The predicted octanol–water partition coefficient (Wildman–Crippen LogP) is 4.00. The molecule has 1 aromatic rings. The van der Waals surface area contributed by atoms with Crippen LogP contribution in [-0.4, -0.2) is 41.5 Å². The molecule has 0 aromatic carbocycles. The molecule has 4 atom stereocenters. The zero-order valence-corrected chi connectivity index (χ0v) is 19.1. The van der Waals surface area contributed by atoms with Crippen molar-refractivity contribution in [3.05, 3.63) is 44.6 Å². The number of aliphatic hydroxyl groups excluding tert-OH is 1. The van der Waals surface area contributed by atoms with Crippen LogP contribution in [0.4, 0.5) is 0 Å². The number of aliphatic hydroxyl groups is 1. The average molecular weight is 479 g/mol. The summed E-state index contributed by atoms with van der Waals surface area (Å²) < 4.78 is 1.04. The minimum absolute atomic E-state index is 0.0379. The molecule has 2 N–H and O–H groups in total. The molecule has 29 heavy (non-hydrogen) atoms. The Morgan fingerprint density at radius 2 is 2.14 bits per heavy atom. The molecule has 7 heteroatoms. The Bertz CT molecular complexity index is 766. The summed E-state index contributed by atoms with van der Waals surface area (Å²) in [6.45, 7) is 2.02. The van der Waals surface area contributed by atoms with Crippen molar-refractivity contribution >= 4 is 52.5 Å². The molecule has 1 aliphatic rings. The van der Waals surface area contributed by atoms with Gasteiger partial charge in [0, 0.05) is 0 Å². The number of thiophene rings is 1. The molecule has 1 aromatic heterocycles. The van der Waals surface area contributed by atoms with Gasteiger partial charge >= 0.3 is 186 Å². The molecule has 0 amide bonds. The van der Waals surface area contributed by atoms with Crippen molar-refractivity contribution in [3.8, 4) is 0 Å². The van der Waals surface area contributed by atoms with Gasteiger partial charge in [-0.3, -0.25) is 0 Å². The molecular formula is C22H28BBrO4S. The number of carbonyl (C=O) groups is 2. The van der Waals surface area contributed by atoms with E-state index in [1.165, 1.54) is 0 Å². The second-order valence-electron chi connectivity index (χ2n) is 7.56. The average Bonchev–Trinajstić information content (AvgIpc) is 3.14. The predicted molar refractivity (Wildman–Crippen MR) is 124 cm³/mol.